The van der Waals surface area contributed by atoms with Crippen LogP contribution in [0.3, 0.4) is 0 Å². The molecule has 110 valence electrons. The van der Waals surface area contributed by atoms with E-state index in [1.165, 1.54) is 36.0 Å². The van der Waals surface area contributed by atoms with Crippen molar-refractivity contribution in [3.8, 4) is 0 Å². The first-order valence-electron chi connectivity index (χ1n) is 7.51. The first-order chi connectivity index (χ1) is 9.74. The lowest BCUT2D eigenvalue weighted by molar-refractivity contribution is -0.102. The normalized spacial score (nSPS) is 23.5. The molecule has 0 atom stereocenters. The van der Waals surface area contributed by atoms with E-state index in [1.54, 1.807) is 0 Å². The Bertz CT molecular complexity index is 454. The van der Waals surface area contributed by atoms with E-state index in [2.05, 4.69) is 45.1 Å². The Morgan fingerprint density at radius 1 is 1.30 bits per heavy atom. The second kappa shape index (κ2) is 6.14. The molecule has 3 rings (SSSR count). The molecule has 2 heterocycles. The molecule has 3 nitrogen and oxygen atoms in total. The van der Waals surface area contributed by atoms with Crippen LogP contribution in [0.25, 0.3) is 0 Å². The second-order valence-electron chi connectivity index (χ2n) is 6.06. The number of hydrogen-bond donors (Lipinski definition) is 1. The maximum atomic E-state index is 5.66. The van der Waals surface area contributed by atoms with Crippen LogP contribution in [-0.4, -0.2) is 44.3 Å². The van der Waals surface area contributed by atoms with Crippen LogP contribution in [0.4, 0.5) is 0 Å². The van der Waals surface area contributed by atoms with Gasteiger partial charge in [0.25, 0.3) is 0 Å². The summed E-state index contributed by atoms with van der Waals surface area (Å²) in [4.78, 5) is 2.49. The minimum Gasteiger partial charge on any atom is -0.379 e. The van der Waals surface area contributed by atoms with E-state index < -0.39 is 0 Å². The summed E-state index contributed by atoms with van der Waals surface area (Å²) in [6.45, 7) is 5.92. The van der Waals surface area contributed by atoms with Crippen LogP contribution in [0.15, 0.2) is 28.7 Å². The quantitative estimate of drug-likeness (QED) is 0.915. The Labute approximate surface area is 129 Å². The van der Waals surface area contributed by atoms with Gasteiger partial charge in [-0.15, -0.1) is 0 Å². The van der Waals surface area contributed by atoms with Crippen molar-refractivity contribution in [2.24, 2.45) is 11.7 Å². The smallest absolute Gasteiger partial charge is 0.0588 e. The zero-order valence-electron chi connectivity index (χ0n) is 11.9. The third-order valence-corrected chi connectivity index (χ3v) is 5.43. The molecule has 2 fully saturated rings. The summed E-state index contributed by atoms with van der Waals surface area (Å²) < 4.78 is 6.78. The Kier molecular flexibility index (Phi) is 4.46. The fraction of sp³-hybridized carbons (Fsp3) is 0.625. The number of nitrogens with two attached hydrogens (primary N) is 1. The van der Waals surface area contributed by atoms with E-state index in [0.29, 0.717) is 0 Å². The topological polar surface area (TPSA) is 38.5 Å². The predicted molar refractivity (Wildman–Crippen MR) is 84.9 cm³/mol. The van der Waals surface area contributed by atoms with Crippen molar-refractivity contribution in [2.45, 2.75) is 18.3 Å². The minimum atomic E-state index is 0.249. The molecule has 0 unspecified atom stereocenters. The van der Waals surface area contributed by atoms with Gasteiger partial charge in [-0.1, -0.05) is 28.1 Å². The first kappa shape index (κ1) is 14.5. The predicted octanol–water partition coefficient (Wildman–Crippen LogP) is 2.39. The Hall–Kier alpha value is -0.420. The number of hydrogen-bond acceptors (Lipinski definition) is 3. The molecule has 4 heteroatoms. The number of nitrogens with zero attached hydrogens (tertiary/aromatic N) is 1. The van der Waals surface area contributed by atoms with Crippen molar-refractivity contribution >= 4 is 15.9 Å². The van der Waals surface area contributed by atoms with Crippen molar-refractivity contribution in [3.05, 3.63) is 34.3 Å². The maximum absolute atomic E-state index is 5.66. The van der Waals surface area contributed by atoms with Gasteiger partial charge in [-0.25, -0.2) is 0 Å². The van der Waals surface area contributed by atoms with Crippen LogP contribution in [0.1, 0.15) is 18.4 Å². The lowest BCUT2D eigenvalue weighted by Gasteiger charge is -2.50. The average Bonchev–Trinajstić information content (AvgIpc) is 2.40. The van der Waals surface area contributed by atoms with E-state index in [0.717, 1.165) is 32.2 Å². The van der Waals surface area contributed by atoms with Crippen LogP contribution in [0, 0.1) is 5.92 Å². The highest BCUT2D eigenvalue weighted by atomic mass is 79.9. The molecule has 20 heavy (non-hydrogen) atoms. The van der Waals surface area contributed by atoms with Crippen LogP contribution >= 0.6 is 15.9 Å². The summed E-state index contributed by atoms with van der Waals surface area (Å²) in [5.74, 6) is 0.736. The minimum absolute atomic E-state index is 0.249. The summed E-state index contributed by atoms with van der Waals surface area (Å²) in [5, 5.41) is 0. The molecule has 0 amide bonds. The van der Waals surface area contributed by atoms with Crippen molar-refractivity contribution in [3.63, 3.8) is 0 Å². The Morgan fingerprint density at radius 3 is 2.60 bits per heavy atom. The Morgan fingerprint density at radius 2 is 2.05 bits per heavy atom. The van der Waals surface area contributed by atoms with Crippen LogP contribution in [-0.2, 0) is 10.2 Å². The number of ether oxygens (including phenoxy) is 1. The molecule has 2 aliphatic rings. The molecule has 1 aromatic carbocycles. The molecule has 1 aromatic rings. The fourth-order valence-corrected chi connectivity index (χ4v) is 4.05. The molecule has 0 saturated carbocycles. The molecule has 0 spiro atoms. The van der Waals surface area contributed by atoms with Gasteiger partial charge in [0.1, 0.15) is 0 Å². The number of likely N-dealkylation sites (tertiary alicyclic amines) is 1. The standard InChI is InChI=1S/C16H23BrN2O/c17-15-3-1-2-14(10-15)16(11-20-12-16)13-4-7-19(8-5-13)9-6-18/h1-3,10,13H,4-9,11-12,18H2. The van der Waals surface area contributed by atoms with Gasteiger partial charge in [0.2, 0.25) is 0 Å². The van der Waals surface area contributed by atoms with Gasteiger partial charge in [-0.2, -0.15) is 0 Å². The largest absolute Gasteiger partial charge is 0.379 e. The van der Waals surface area contributed by atoms with Gasteiger partial charge in [-0.05, 0) is 49.5 Å². The van der Waals surface area contributed by atoms with E-state index in [4.69, 9.17) is 10.5 Å². The second-order valence-corrected chi connectivity index (χ2v) is 6.98. The summed E-state index contributed by atoms with van der Waals surface area (Å²) in [7, 11) is 0. The molecule has 2 N–H and O–H groups in total. The van der Waals surface area contributed by atoms with Crippen molar-refractivity contribution in [1.82, 2.24) is 4.90 Å². The molecule has 0 radical (unpaired) electrons. The van der Waals surface area contributed by atoms with Gasteiger partial charge in [0, 0.05) is 23.0 Å². The lowest BCUT2D eigenvalue weighted by Crippen LogP contribution is -2.55. The Balaban J connectivity index is 1.74. The number of rotatable bonds is 4. The van der Waals surface area contributed by atoms with Gasteiger partial charge in [-0.3, -0.25) is 0 Å². The van der Waals surface area contributed by atoms with Crippen LogP contribution in [0.2, 0.25) is 0 Å². The van der Waals surface area contributed by atoms with Crippen LogP contribution < -0.4 is 5.73 Å². The molecular formula is C16H23BrN2O. The number of piperidine rings is 1. The molecule has 0 aromatic heterocycles. The first-order valence-corrected chi connectivity index (χ1v) is 8.30. The summed E-state index contributed by atoms with van der Waals surface area (Å²) >= 11 is 3.60. The average molecular weight is 339 g/mol. The van der Waals surface area contributed by atoms with E-state index in [1.807, 2.05) is 0 Å². The number of halogens is 1. The molecule has 2 saturated heterocycles. The van der Waals surface area contributed by atoms with Gasteiger partial charge < -0.3 is 15.4 Å². The fourth-order valence-electron chi connectivity index (χ4n) is 3.65. The third kappa shape index (κ3) is 2.67. The van der Waals surface area contributed by atoms with E-state index >= 15 is 0 Å². The number of benzene rings is 1. The van der Waals surface area contributed by atoms with Crippen LogP contribution in [0.5, 0.6) is 0 Å². The summed E-state index contributed by atoms with van der Waals surface area (Å²) in [5.41, 5.74) is 7.35. The van der Waals surface area contributed by atoms with Gasteiger partial charge in [0.15, 0.2) is 0 Å². The zero-order valence-corrected chi connectivity index (χ0v) is 13.4. The summed E-state index contributed by atoms with van der Waals surface area (Å²) in [6, 6.07) is 8.78. The zero-order chi connectivity index (χ0) is 14.0. The van der Waals surface area contributed by atoms with E-state index in [-0.39, 0.29) is 5.41 Å². The molecule has 2 aliphatic heterocycles. The van der Waals surface area contributed by atoms with Gasteiger partial charge >= 0.3 is 0 Å². The molecule has 0 aliphatic carbocycles. The third-order valence-electron chi connectivity index (χ3n) is 4.93. The highest BCUT2D eigenvalue weighted by Crippen LogP contribution is 2.44. The highest BCUT2D eigenvalue weighted by Gasteiger charge is 2.47. The SMILES string of the molecule is NCCN1CCC(C2(c3cccc(Br)c3)COC2)CC1. The highest BCUT2D eigenvalue weighted by molar-refractivity contribution is 9.10. The monoisotopic (exact) mass is 338 g/mol. The van der Waals surface area contributed by atoms with Crippen molar-refractivity contribution in [1.29, 1.82) is 0 Å². The summed E-state index contributed by atoms with van der Waals surface area (Å²) in [6.07, 6.45) is 2.52. The van der Waals surface area contributed by atoms with Gasteiger partial charge in [0.05, 0.1) is 13.2 Å². The van der Waals surface area contributed by atoms with E-state index in [9.17, 15) is 0 Å². The maximum Gasteiger partial charge on any atom is 0.0588 e. The lowest BCUT2D eigenvalue weighted by atomic mass is 9.65. The molecule has 0 bridgehead atoms. The molecular weight excluding hydrogens is 316 g/mol. The van der Waals surface area contributed by atoms with Crippen molar-refractivity contribution in [2.75, 3.05) is 39.4 Å². The van der Waals surface area contributed by atoms with Crippen molar-refractivity contribution < 1.29 is 4.74 Å².